The van der Waals surface area contributed by atoms with Gasteiger partial charge in [-0.3, -0.25) is 0 Å². The number of carbonyl (C=O) groups is 1. The Morgan fingerprint density at radius 1 is 1.58 bits per heavy atom. The van der Waals surface area contributed by atoms with Crippen molar-refractivity contribution < 1.29 is 9.90 Å². The van der Waals surface area contributed by atoms with Crippen LogP contribution in [0.25, 0.3) is 4.85 Å². The minimum absolute atomic E-state index is 0.169. The van der Waals surface area contributed by atoms with E-state index < -0.39 is 5.97 Å². The molecule has 4 heteroatoms. The third-order valence-electron chi connectivity index (χ3n) is 1.31. The standard InChI is InChI=1S/C8H4BrNO2/c1-10-5-2-3-6(8(11)12)7(9)4-5/h2-4H,(H,11,12). The summed E-state index contributed by atoms with van der Waals surface area (Å²) in [4.78, 5) is 13.7. The van der Waals surface area contributed by atoms with Gasteiger partial charge in [0.25, 0.3) is 0 Å². The zero-order valence-corrected chi connectivity index (χ0v) is 7.50. The van der Waals surface area contributed by atoms with Crippen LogP contribution in [0.3, 0.4) is 0 Å². The molecule has 0 bridgehead atoms. The van der Waals surface area contributed by atoms with Gasteiger partial charge in [-0.1, -0.05) is 28.1 Å². The van der Waals surface area contributed by atoms with Gasteiger partial charge in [0.2, 0.25) is 0 Å². The Labute approximate surface area is 77.6 Å². The van der Waals surface area contributed by atoms with Crippen molar-refractivity contribution in [1.82, 2.24) is 0 Å². The molecule has 0 saturated carbocycles. The number of aromatic carboxylic acids is 1. The molecule has 0 aliphatic carbocycles. The molecule has 0 fully saturated rings. The molecular formula is C8H4BrNO2. The van der Waals surface area contributed by atoms with E-state index in [1.165, 1.54) is 18.2 Å². The quantitative estimate of drug-likeness (QED) is 0.748. The summed E-state index contributed by atoms with van der Waals surface area (Å²) in [7, 11) is 0. The molecule has 12 heavy (non-hydrogen) atoms. The first kappa shape index (κ1) is 8.75. The summed E-state index contributed by atoms with van der Waals surface area (Å²) in [6, 6.07) is 4.36. The fraction of sp³-hybridized carbons (Fsp3) is 0. The van der Waals surface area contributed by atoms with Gasteiger partial charge in [0, 0.05) is 4.47 Å². The van der Waals surface area contributed by atoms with Gasteiger partial charge < -0.3 is 5.11 Å². The second-order valence-electron chi connectivity index (χ2n) is 2.08. The van der Waals surface area contributed by atoms with Crippen molar-refractivity contribution in [2.75, 3.05) is 0 Å². The minimum atomic E-state index is -1.00. The summed E-state index contributed by atoms with van der Waals surface area (Å²) in [5, 5.41) is 8.62. The normalized spacial score (nSPS) is 9.00. The molecule has 0 aliphatic heterocycles. The molecule has 0 spiro atoms. The van der Waals surface area contributed by atoms with Crippen molar-refractivity contribution in [3.05, 3.63) is 39.7 Å². The van der Waals surface area contributed by atoms with Crippen molar-refractivity contribution in [2.24, 2.45) is 0 Å². The lowest BCUT2D eigenvalue weighted by Crippen LogP contribution is -1.96. The lowest BCUT2D eigenvalue weighted by molar-refractivity contribution is 0.0696. The highest BCUT2D eigenvalue weighted by molar-refractivity contribution is 9.10. The summed E-state index contributed by atoms with van der Waals surface area (Å²) >= 11 is 3.06. The van der Waals surface area contributed by atoms with Crippen LogP contribution in [0.15, 0.2) is 22.7 Å². The summed E-state index contributed by atoms with van der Waals surface area (Å²) in [5.74, 6) is -1.00. The second kappa shape index (κ2) is 3.37. The van der Waals surface area contributed by atoms with E-state index in [1.54, 1.807) is 0 Å². The zero-order valence-electron chi connectivity index (χ0n) is 5.91. The van der Waals surface area contributed by atoms with Crippen molar-refractivity contribution in [1.29, 1.82) is 0 Å². The Hall–Kier alpha value is -1.34. The van der Waals surface area contributed by atoms with Crippen LogP contribution < -0.4 is 0 Å². The maximum Gasteiger partial charge on any atom is 0.336 e. The molecule has 0 atom stereocenters. The van der Waals surface area contributed by atoms with Crippen LogP contribution in [0, 0.1) is 6.57 Å². The third kappa shape index (κ3) is 1.63. The number of hydrogen-bond donors (Lipinski definition) is 1. The number of benzene rings is 1. The van der Waals surface area contributed by atoms with E-state index in [0.717, 1.165) is 0 Å². The average molecular weight is 226 g/mol. The monoisotopic (exact) mass is 225 g/mol. The topological polar surface area (TPSA) is 41.7 Å². The maximum absolute atomic E-state index is 10.5. The second-order valence-corrected chi connectivity index (χ2v) is 2.94. The molecule has 0 aliphatic rings. The van der Waals surface area contributed by atoms with Gasteiger partial charge in [-0.05, 0) is 6.07 Å². The molecule has 0 unspecified atom stereocenters. The molecule has 1 N–H and O–H groups in total. The molecule has 3 nitrogen and oxygen atoms in total. The predicted octanol–water partition coefficient (Wildman–Crippen LogP) is 2.70. The number of nitrogens with zero attached hydrogens (tertiary/aromatic N) is 1. The van der Waals surface area contributed by atoms with Crippen molar-refractivity contribution in [3.63, 3.8) is 0 Å². The van der Waals surface area contributed by atoms with Crippen LogP contribution in [0.2, 0.25) is 0 Å². The molecule has 0 saturated heterocycles. The molecule has 1 aromatic rings. The number of carboxylic acids is 1. The summed E-state index contributed by atoms with van der Waals surface area (Å²) < 4.78 is 0.434. The average Bonchev–Trinajstić information content (AvgIpc) is 2.03. The van der Waals surface area contributed by atoms with Gasteiger partial charge in [0.1, 0.15) is 0 Å². The van der Waals surface area contributed by atoms with Gasteiger partial charge in [0.05, 0.1) is 12.1 Å². The smallest absolute Gasteiger partial charge is 0.336 e. The van der Waals surface area contributed by atoms with Gasteiger partial charge >= 0.3 is 5.97 Å². The molecule has 1 rings (SSSR count). The molecule has 1 aromatic carbocycles. The van der Waals surface area contributed by atoms with Gasteiger partial charge in [-0.15, -0.1) is 0 Å². The maximum atomic E-state index is 10.5. The largest absolute Gasteiger partial charge is 0.478 e. The Bertz CT molecular complexity index is 368. The van der Waals surface area contributed by atoms with Crippen LogP contribution in [-0.2, 0) is 0 Å². The molecule has 0 aromatic heterocycles. The predicted molar refractivity (Wildman–Crippen MR) is 47.4 cm³/mol. The Morgan fingerprint density at radius 2 is 2.25 bits per heavy atom. The van der Waals surface area contributed by atoms with E-state index >= 15 is 0 Å². The highest BCUT2D eigenvalue weighted by Gasteiger charge is 2.07. The van der Waals surface area contributed by atoms with Crippen molar-refractivity contribution in [3.8, 4) is 0 Å². The lowest BCUT2D eigenvalue weighted by Gasteiger charge is -1.97. The Morgan fingerprint density at radius 3 is 2.67 bits per heavy atom. The number of rotatable bonds is 1. The Balaban J connectivity index is 3.23. The fourth-order valence-electron chi connectivity index (χ4n) is 0.747. The number of halogens is 1. The zero-order chi connectivity index (χ0) is 9.14. The van der Waals surface area contributed by atoms with Gasteiger partial charge in [-0.25, -0.2) is 9.64 Å². The summed E-state index contributed by atoms with van der Waals surface area (Å²) in [6.45, 7) is 6.67. The van der Waals surface area contributed by atoms with E-state index in [9.17, 15) is 4.79 Å². The van der Waals surface area contributed by atoms with Crippen LogP contribution >= 0.6 is 15.9 Å². The highest BCUT2D eigenvalue weighted by Crippen LogP contribution is 2.23. The van der Waals surface area contributed by atoms with E-state index in [1.807, 2.05) is 0 Å². The van der Waals surface area contributed by atoms with E-state index in [-0.39, 0.29) is 5.56 Å². The third-order valence-corrected chi connectivity index (χ3v) is 1.97. The summed E-state index contributed by atoms with van der Waals surface area (Å²) in [5.41, 5.74) is 0.592. The van der Waals surface area contributed by atoms with Gasteiger partial charge in [-0.2, -0.15) is 0 Å². The Kier molecular flexibility index (Phi) is 2.46. The van der Waals surface area contributed by atoms with E-state index in [2.05, 4.69) is 20.8 Å². The van der Waals surface area contributed by atoms with Crippen LogP contribution in [0.4, 0.5) is 5.69 Å². The van der Waals surface area contributed by atoms with E-state index in [0.29, 0.717) is 10.2 Å². The minimum Gasteiger partial charge on any atom is -0.478 e. The lowest BCUT2D eigenvalue weighted by atomic mass is 10.2. The van der Waals surface area contributed by atoms with E-state index in [4.69, 9.17) is 11.7 Å². The molecule has 60 valence electrons. The van der Waals surface area contributed by atoms with Gasteiger partial charge in [0.15, 0.2) is 5.69 Å². The van der Waals surface area contributed by atoms with Crippen molar-refractivity contribution in [2.45, 2.75) is 0 Å². The SMILES string of the molecule is [C-]#[N+]c1ccc(C(=O)O)c(Br)c1. The summed E-state index contributed by atoms with van der Waals surface area (Å²) in [6.07, 6.45) is 0. The number of hydrogen-bond acceptors (Lipinski definition) is 1. The molecule has 0 heterocycles. The first-order valence-corrected chi connectivity index (χ1v) is 3.84. The molecular weight excluding hydrogens is 222 g/mol. The molecule has 0 amide bonds. The first-order valence-electron chi connectivity index (χ1n) is 3.05. The first-order chi connectivity index (χ1) is 5.65. The van der Waals surface area contributed by atoms with Crippen molar-refractivity contribution >= 4 is 27.6 Å². The fourth-order valence-corrected chi connectivity index (χ4v) is 1.28. The van der Waals surface area contributed by atoms with Crippen LogP contribution in [-0.4, -0.2) is 11.1 Å². The highest BCUT2D eigenvalue weighted by atomic mass is 79.9. The van der Waals surface area contributed by atoms with Crippen LogP contribution in [0.1, 0.15) is 10.4 Å². The molecule has 0 radical (unpaired) electrons. The van der Waals surface area contributed by atoms with Crippen LogP contribution in [0.5, 0.6) is 0 Å². The number of carboxylic acid groups (broad SMARTS) is 1.